The van der Waals surface area contributed by atoms with Crippen molar-refractivity contribution in [2.24, 2.45) is 16.6 Å². The monoisotopic (exact) mass is 563 g/mol. The molecular weight excluding hydrogens is 526 g/mol. The number of esters is 4. The highest BCUT2D eigenvalue weighted by Crippen LogP contribution is 2.34. The summed E-state index contributed by atoms with van der Waals surface area (Å²) in [6, 6.07) is 13.0. The Kier molecular flexibility index (Phi) is 11.7. The highest BCUT2D eigenvalue weighted by Gasteiger charge is 2.36. The molecule has 0 saturated heterocycles. The van der Waals surface area contributed by atoms with Crippen molar-refractivity contribution in [3.05, 3.63) is 59.7 Å². The highest BCUT2D eigenvalue weighted by atomic mass is 35.5. The van der Waals surface area contributed by atoms with E-state index in [-0.39, 0.29) is 43.4 Å². The van der Waals surface area contributed by atoms with Crippen LogP contribution in [0.5, 0.6) is 11.5 Å². The lowest BCUT2D eigenvalue weighted by Crippen LogP contribution is -2.51. The van der Waals surface area contributed by atoms with E-state index in [1.807, 2.05) is 0 Å². The Morgan fingerprint density at radius 2 is 1.31 bits per heavy atom. The van der Waals surface area contributed by atoms with E-state index < -0.39 is 40.2 Å². The zero-order valence-electron chi connectivity index (χ0n) is 23.5. The maximum atomic E-state index is 12.7. The van der Waals surface area contributed by atoms with E-state index >= 15 is 0 Å². The normalized spacial score (nSPS) is 12.8. The first-order valence-electron chi connectivity index (χ1n) is 12.2. The molecule has 0 saturated carbocycles. The lowest BCUT2D eigenvalue weighted by molar-refractivity contribution is -0.148. The Morgan fingerprint density at radius 3 is 1.82 bits per heavy atom. The van der Waals surface area contributed by atoms with Gasteiger partial charge in [0.1, 0.15) is 5.54 Å². The fourth-order valence-electron chi connectivity index (χ4n) is 3.15. The molecule has 39 heavy (non-hydrogen) atoms. The second kappa shape index (κ2) is 13.6. The fraction of sp³-hybridized carbons (Fsp3) is 0.448. The van der Waals surface area contributed by atoms with Gasteiger partial charge in [-0.05, 0) is 71.4 Å². The quantitative estimate of drug-likeness (QED) is 0.341. The van der Waals surface area contributed by atoms with Crippen LogP contribution in [0.2, 0.25) is 0 Å². The van der Waals surface area contributed by atoms with Crippen LogP contribution in [0.3, 0.4) is 0 Å². The Hall–Kier alpha value is -3.43. The maximum absolute atomic E-state index is 12.7. The molecule has 0 unspecified atom stereocenters. The van der Waals surface area contributed by atoms with Gasteiger partial charge in [-0.3, -0.25) is 14.4 Å². The number of methoxy groups -OCH3 is 1. The number of carbonyl (C=O) groups is 4. The van der Waals surface area contributed by atoms with E-state index in [2.05, 4.69) is 0 Å². The summed E-state index contributed by atoms with van der Waals surface area (Å²) in [5.41, 5.74) is 4.16. The molecule has 0 spiro atoms. The van der Waals surface area contributed by atoms with Crippen LogP contribution in [0.1, 0.15) is 63.9 Å². The van der Waals surface area contributed by atoms with Gasteiger partial charge < -0.3 is 24.7 Å². The molecule has 0 fully saturated rings. The predicted molar refractivity (Wildman–Crippen MR) is 148 cm³/mol. The number of carbonyl (C=O) groups excluding carboxylic acids is 4. The molecule has 0 bridgehead atoms. The van der Waals surface area contributed by atoms with Gasteiger partial charge in [-0.15, -0.1) is 12.4 Å². The van der Waals surface area contributed by atoms with Crippen molar-refractivity contribution in [3.8, 4) is 11.5 Å². The molecule has 0 aliphatic carbocycles. The molecule has 2 rings (SSSR count). The van der Waals surface area contributed by atoms with Gasteiger partial charge in [0.2, 0.25) is 0 Å². The average Bonchev–Trinajstić information content (AvgIpc) is 2.84. The number of benzene rings is 2. The second-order valence-electron chi connectivity index (χ2n) is 11.1. The van der Waals surface area contributed by atoms with Crippen molar-refractivity contribution >= 4 is 36.3 Å². The van der Waals surface area contributed by atoms with Crippen molar-refractivity contribution in [2.45, 2.75) is 59.9 Å². The van der Waals surface area contributed by atoms with E-state index in [0.717, 1.165) is 0 Å². The highest BCUT2D eigenvalue weighted by molar-refractivity contribution is 5.89. The van der Waals surface area contributed by atoms with Crippen LogP contribution in [0.25, 0.3) is 0 Å². The summed E-state index contributed by atoms with van der Waals surface area (Å²) in [5.74, 6) is -2.22. The topological polar surface area (TPSA) is 131 Å². The van der Waals surface area contributed by atoms with Gasteiger partial charge in [0.15, 0.2) is 11.5 Å². The molecule has 0 amide bonds. The van der Waals surface area contributed by atoms with Crippen LogP contribution in [0, 0.1) is 10.8 Å². The molecule has 10 heteroatoms. The molecule has 0 aliphatic rings. The summed E-state index contributed by atoms with van der Waals surface area (Å²) in [4.78, 5) is 50.1. The summed E-state index contributed by atoms with van der Waals surface area (Å²) in [5, 5.41) is 0. The third-order valence-corrected chi connectivity index (χ3v) is 5.54. The number of ether oxygens (including phenoxy) is 4. The van der Waals surface area contributed by atoms with E-state index in [1.54, 1.807) is 77.9 Å². The van der Waals surface area contributed by atoms with Gasteiger partial charge in [-0.1, -0.05) is 24.3 Å². The molecule has 2 aromatic rings. The maximum Gasteiger partial charge on any atom is 0.338 e. The number of nitrogens with two attached hydrogens (primary N) is 1. The summed E-state index contributed by atoms with van der Waals surface area (Å²) >= 11 is 0. The Labute approximate surface area is 235 Å². The van der Waals surface area contributed by atoms with Crippen LogP contribution in [0.15, 0.2) is 48.5 Å². The van der Waals surface area contributed by atoms with E-state index in [4.69, 9.17) is 24.7 Å². The first-order chi connectivity index (χ1) is 17.6. The second-order valence-corrected chi connectivity index (χ2v) is 11.1. The van der Waals surface area contributed by atoms with Crippen molar-refractivity contribution < 1.29 is 38.1 Å². The molecule has 0 heterocycles. The summed E-state index contributed by atoms with van der Waals surface area (Å²) in [7, 11) is 1.21. The zero-order chi connectivity index (χ0) is 28.7. The third kappa shape index (κ3) is 9.67. The predicted octanol–water partition coefficient (Wildman–Crippen LogP) is 4.67. The van der Waals surface area contributed by atoms with Gasteiger partial charge in [0.05, 0.1) is 30.1 Å². The van der Waals surface area contributed by atoms with Gasteiger partial charge in [0.25, 0.3) is 0 Å². The lowest BCUT2D eigenvalue weighted by atomic mass is 9.88. The van der Waals surface area contributed by atoms with Crippen LogP contribution in [-0.4, -0.2) is 43.1 Å². The molecule has 0 aliphatic heterocycles. The Morgan fingerprint density at radius 1 is 0.769 bits per heavy atom. The number of halogens is 1. The molecular formula is C29H38ClNO8. The minimum absolute atomic E-state index is 0. The van der Waals surface area contributed by atoms with Crippen LogP contribution in [-0.2, 0) is 30.3 Å². The third-order valence-electron chi connectivity index (χ3n) is 5.54. The standard InChI is InChI=1S/C29H37NO8.ClH/c1-27(2,3)24(32)37-21-14-13-19(17-22(21)38-25(33)28(4,5)6)18-29(30,26(34)35-7)15-16-36-23(31)20-11-9-8-10-12-20;/h8-14,17H,15-16,18,30H2,1-7H3;1H/t29-;/m1./s1. The molecule has 214 valence electrons. The minimum Gasteiger partial charge on any atom is -0.468 e. The van der Waals surface area contributed by atoms with Crippen molar-refractivity contribution in [1.82, 2.24) is 0 Å². The SMILES string of the molecule is COC(=O)[C@@](N)(CCOC(=O)c1ccccc1)Cc1ccc(OC(=O)C(C)(C)C)c(OC(=O)C(C)(C)C)c1.Cl. The van der Waals surface area contributed by atoms with E-state index in [0.29, 0.717) is 11.1 Å². The van der Waals surface area contributed by atoms with Gasteiger partial charge in [-0.25, -0.2) is 4.79 Å². The Bertz CT molecular complexity index is 1170. The van der Waals surface area contributed by atoms with Crippen molar-refractivity contribution in [3.63, 3.8) is 0 Å². The van der Waals surface area contributed by atoms with Gasteiger partial charge in [0, 0.05) is 12.8 Å². The lowest BCUT2D eigenvalue weighted by Gasteiger charge is -2.27. The Balaban J connectivity index is 0.00000760. The van der Waals surface area contributed by atoms with E-state index in [1.165, 1.54) is 19.2 Å². The largest absolute Gasteiger partial charge is 0.468 e. The van der Waals surface area contributed by atoms with Crippen molar-refractivity contribution in [2.75, 3.05) is 13.7 Å². The summed E-state index contributed by atoms with van der Waals surface area (Å²) in [6.07, 6.45) is -0.0632. The molecule has 2 aromatic carbocycles. The summed E-state index contributed by atoms with van der Waals surface area (Å²) < 4.78 is 21.3. The number of rotatable bonds is 9. The zero-order valence-corrected chi connectivity index (χ0v) is 24.3. The molecule has 0 radical (unpaired) electrons. The number of hydrogen-bond donors (Lipinski definition) is 1. The van der Waals surface area contributed by atoms with Crippen LogP contribution in [0.4, 0.5) is 0 Å². The van der Waals surface area contributed by atoms with Crippen LogP contribution >= 0.6 is 12.4 Å². The molecule has 2 N–H and O–H groups in total. The summed E-state index contributed by atoms with van der Waals surface area (Å²) in [6.45, 7) is 10.1. The smallest absolute Gasteiger partial charge is 0.338 e. The van der Waals surface area contributed by atoms with Gasteiger partial charge >= 0.3 is 23.9 Å². The molecule has 9 nitrogen and oxygen atoms in total. The first kappa shape index (κ1) is 33.6. The van der Waals surface area contributed by atoms with Crippen LogP contribution < -0.4 is 15.2 Å². The van der Waals surface area contributed by atoms with E-state index in [9.17, 15) is 19.2 Å². The molecule has 0 aromatic heterocycles. The minimum atomic E-state index is -1.55. The number of hydrogen-bond acceptors (Lipinski definition) is 9. The van der Waals surface area contributed by atoms with Crippen molar-refractivity contribution in [1.29, 1.82) is 0 Å². The fourth-order valence-corrected chi connectivity index (χ4v) is 3.15. The molecule has 1 atom stereocenters. The first-order valence-corrected chi connectivity index (χ1v) is 12.2. The average molecular weight is 564 g/mol. The van der Waals surface area contributed by atoms with Gasteiger partial charge in [-0.2, -0.15) is 0 Å².